The summed E-state index contributed by atoms with van der Waals surface area (Å²) in [6.45, 7) is 0.493. The molecule has 0 bridgehead atoms. The predicted molar refractivity (Wildman–Crippen MR) is 95.3 cm³/mol. The smallest absolute Gasteiger partial charge is 0.279 e. The standard InChI is InChI=1S/C20H24N2O2/c23-20(15-21-16-7-3-1-4-8-16)22-17-11-13-19(14-12-17)24-18-9-5-2-6-10-18/h2,5-6,9-14,16,21H,1,3-4,7-8,15H2,(H,22,23)/p+1. The Kier molecular flexibility index (Phi) is 5.85. The van der Waals surface area contributed by atoms with Gasteiger partial charge in [0.15, 0.2) is 6.54 Å². The highest BCUT2D eigenvalue weighted by atomic mass is 16.5. The molecule has 24 heavy (non-hydrogen) atoms. The molecule has 1 aliphatic carbocycles. The van der Waals surface area contributed by atoms with Gasteiger partial charge in [0.2, 0.25) is 0 Å². The first-order valence-electron chi connectivity index (χ1n) is 8.76. The number of anilines is 1. The lowest BCUT2D eigenvalue weighted by atomic mass is 9.95. The number of hydrogen-bond acceptors (Lipinski definition) is 2. The van der Waals surface area contributed by atoms with Gasteiger partial charge in [-0.15, -0.1) is 0 Å². The normalized spacial score (nSPS) is 15.0. The number of quaternary nitrogens is 1. The van der Waals surface area contributed by atoms with Crippen molar-refractivity contribution in [3.8, 4) is 11.5 Å². The summed E-state index contributed by atoms with van der Waals surface area (Å²) in [7, 11) is 0. The monoisotopic (exact) mass is 325 g/mol. The number of rotatable bonds is 6. The molecule has 3 N–H and O–H groups in total. The molecule has 1 amide bonds. The third-order valence-electron chi connectivity index (χ3n) is 4.40. The van der Waals surface area contributed by atoms with E-state index in [1.807, 2.05) is 54.6 Å². The summed E-state index contributed by atoms with van der Waals surface area (Å²) in [5, 5.41) is 5.13. The molecule has 126 valence electrons. The summed E-state index contributed by atoms with van der Waals surface area (Å²) in [4.78, 5) is 12.1. The van der Waals surface area contributed by atoms with Crippen LogP contribution in [0.5, 0.6) is 11.5 Å². The quantitative estimate of drug-likeness (QED) is 0.856. The molecule has 1 fully saturated rings. The van der Waals surface area contributed by atoms with E-state index in [2.05, 4.69) is 10.6 Å². The van der Waals surface area contributed by atoms with Crippen molar-refractivity contribution in [3.63, 3.8) is 0 Å². The van der Waals surface area contributed by atoms with Gasteiger partial charge in [0, 0.05) is 5.69 Å². The molecule has 3 rings (SSSR count). The van der Waals surface area contributed by atoms with Crippen molar-refractivity contribution in [2.24, 2.45) is 0 Å². The highest BCUT2D eigenvalue weighted by Gasteiger charge is 2.17. The second-order valence-corrected chi connectivity index (χ2v) is 6.33. The van der Waals surface area contributed by atoms with Crippen molar-refractivity contribution in [2.45, 2.75) is 38.1 Å². The lowest BCUT2D eigenvalue weighted by molar-refractivity contribution is -0.681. The maximum Gasteiger partial charge on any atom is 0.279 e. The Morgan fingerprint density at radius 1 is 0.958 bits per heavy atom. The van der Waals surface area contributed by atoms with Crippen molar-refractivity contribution >= 4 is 11.6 Å². The van der Waals surface area contributed by atoms with Gasteiger partial charge in [0.25, 0.3) is 5.91 Å². The van der Waals surface area contributed by atoms with Crippen LogP contribution in [0.2, 0.25) is 0 Å². The van der Waals surface area contributed by atoms with E-state index < -0.39 is 0 Å². The summed E-state index contributed by atoms with van der Waals surface area (Å²) in [6, 6.07) is 17.8. The molecule has 4 heteroatoms. The Morgan fingerprint density at radius 3 is 2.33 bits per heavy atom. The van der Waals surface area contributed by atoms with E-state index in [1.165, 1.54) is 32.1 Å². The Balaban J connectivity index is 1.45. The minimum absolute atomic E-state index is 0.0531. The van der Waals surface area contributed by atoms with Crippen LogP contribution in [0.4, 0.5) is 5.69 Å². The van der Waals surface area contributed by atoms with E-state index in [-0.39, 0.29) is 5.91 Å². The zero-order valence-corrected chi connectivity index (χ0v) is 13.9. The van der Waals surface area contributed by atoms with E-state index in [1.54, 1.807) is 0 Å². The number of para-hydroxylation sites is 1. The van der Waals surface area contributed by atoms with Crippen LogP contribution in [0, 0.1) is 0 Å². The van der Waals surface area contributed by atoms with Crippen LogP contribution < -0.4 is 15.4 Å². The second kappa shape index (κ2) is 8.50. The van der Waals surface area contributed by atoms with Gasteiger partial charge in [0.05, 0.1) is 6.04 Å². The molecular formula is C20H25N2O2+. The van der Waals surface area contributed by atoms with Crippen LogP contribution in [-0.4, -0.2) is 18.5 Å². The summed E-state index contributed by atoms with van der Waals surface area (Å²) in [5.41, 5.74) is 0.803. The molecule has 2 aromatic carbocycles. The fourth-order valence-electron chi connectivity index (χ4n) is 3.09. The number of carbonyl (C=O) groups is 1. The van der Waals surface area contributed by atoms with Crippen LogP contribution in [0.1, 0.15) is 32.1 Å². The Hall–Kier alpha value is -2.33. The number of ether oxygens (including phenoxy) is 1. The molecule has 0 aliphatic heterocycles. The van der Waals surface area contributed by atoms with E-state index in [4.69, 9.17) is 4.74 Å². The van der Waals surface area contributed by atoms with E-state index in [0.29, 0.717) is 12.6 Å². The molecule has 0 saturated heterocycles. The first-order chi connectivity index (χ1) is 11.8. The molecule has 0 radical (unpaired) electrons. The Labute approximate surface area is 143 Å². The predicted octanol–water partition coefficient (Wildman–Crippen LogP) is 3.31. The number of hydrogen-bond donors (Lipinski definition) is 2. The van der Waals surface area contributed by atoms with E-state index >= 15 is 0 Å². The lowest BCUT2D eigenvalue weighted by Gasteiger charge is -2.19. The number of nitrogens with one attached hydrogen (secondary N) is 1. The first kappa shape index (κ1) is 16.5. The highest BCUT2D eigenvalue weighted by Crippen LogP contribution is 2.22. The maximum atomic E-state index is 12.1. The zero-order valence-electron chi connectivity index (χ0n) is 13.9. The van der Waals surface area contributed by atoms with Crippen molar-refractivity contribution in [2.75, 3.05) is 11.9 Å². The van der Waals surface area contributed by atoms with Gasteiger partial charge in [-0.25, -0.2) is 0 Å². The Morgan fingerprint density at radius 2 is 1.62 bits per heavy atom. The Bertz CT molecular complexity index is 634. The van der Waals surface area contributed by atoms with Gasteiger partial charge in [-0.05, 0) is 62.1 Å². The van der Waals surface area contributed by atoms with Crippen LogP contribution in [-0.2, 0) is 4.79 Å². The van der Waals surface area contributed by atoms with Crippen molar-refractivity contribution < 1.29 is 14.8 Å². The summed E-state index contributed by atoms with van der Waals surface area (Å²) < 4.78 is 5.75. The summed E-state index contributed by atoms with van der Waals surface area (Å²) >= 11 is 0. The minimum atomic E-state index is 0.0531. The molecule has 1 aliphatic rings. The number of benzene rings is 2. The number of carbonyl (C=O) groups excluding carboxylic acids is 1. The van der Waals surface area contributed by atoms with Crippen LogP contribution in [0.3, 0.4) is 0 Å². The van der Waals surface area contributed by atoms with Crippen LogP contribution >= 0.6 is 0 Å². The molecule has 0 heterocycles. The van der Waals surface area contributed by atoms with Crippen molar-refractivity contribution in [1.29, 1.82) is 0 Å². The van der Waals surface area contributed by atoms with Crippen LogP contribution in [0.25, 0.3) is 0 Å². The minimum Gasteiger partial charge on any atom is -0.457 e. The van der Waals surface area contributed by atoms with E-state index in [0.717, 1.165) is 17.2 Å². The molecule has 0 unspecified atom stereocenters. The molecule has 0 spiro atoms. The third-order valence-corrected chi connectivity index (χ3v) is 4.40. The molecule has 2 aromatic rings. The molecule has 4 nitrogen and oxygen atoms in total. The molecule has 0 atom stereocenters. The van der Waals surface area contributed by atoms with Gasteiger partial charge < -0.3 is 15.4 Å². The number of amides is 1. The van der Waals surface area contributed by atoms with Crippen molar-refractivity contribution in [3.05, 3.63) is 54.6 Å². The maximum absolute atomic E-state index is 12.1. The SMILES string of the molecule is O=C(C[NH2+]C1CCCCC1)Nc1ccc(Oc2ccccc2)cc1. The largest absolute Gasteiger partial charge is 0.457 e. The highest BCUT2D eigenvalue weighted by molar-refractivity contribution is 5.91. The molecule has 1 saturated carbocycles. The average molecular weight is 325 g/mol. The van der Waals surface area contributed by atoms with Gasteiger partial charge in [-0.3, -0.25) is 4.79 Å². The van der Waals surface area contributed by atoms with Gasteiger partial charge in [-0.1, -0.05) is 24.6 Å². The zero-order chi connectivity index (χ0) is 16.6. The van der Waals surface area contributed by atoms with Gasteiger partial charge >= 0.3 is 0 Å². The summed E-state index contributed by atoms with van der Waals surface area (Å²) in [5.74, 6) is 1.61. The third kappa shape index (κ3) is 5.10. The van der Waals surface area contributed by atoms with Crippen molar-refractivity contribution in [1.82, 2.24) is 0 Å². The number of nitrogens with two attached hydrogens (primary N) is 1. The van der Waals surface area contributed by atoms with Gasteiger partial charge in [-0.2, -0.15) is 0 Å². The first-order valence-corrected chi connectivity index (χ1v) is 8.76. The fourth-order valence-corrected chi connectivity index (χ4v) is 3.09. The topological polar surface area (TPSA) is 54.9 Å². The molecular weight excluding hydrogens is 300 g/mol. The summed E-state index contributed by atoms with van der Waals surface area (Å²) in [6.07, 6.45) is 6.41. The van der Waals surface area contributed by atoms with Gasteiger partial charge in [0.1, 0.15) is 11.5 Å². The fraction of sp³-hybridized carbons (Fsp3) is 0.350. The molecule has 0 aromatic heterocycles. The second-order valence-electron chi connectivity index (χ2n) is 6.33. The van der Waals surface area contributed by atoms with E-state index in [9.17, 15) is 4.79 Å². The van der Waals surface area contributed by atoms with Crippen LogP contribution in [0.15, 0.2) is 54.6 Å². The lowest BCUT2D eigenvalue weighted by Crippen LogP contribution is -2.91. The average Bonchev–Trinajstić information content (AvgIpc) is 2.63.